The smallest absolute Gasteiger partial charge is 0.165 e. The Morgan fingerprint density at radius 1 is 0.905 bits per heavy atom. The van der Waals surface area contributed by atoms with Crippen LogP contribution >= 0.6 is 0 Å². The van der Waals surface area contributed by atoms with Crippen LogP contribution in [0, 0.1) is 0 Å². The molecule has 1 saturated heterocycles. The summed E-state index contributed by atoms with van der Waals surface area (Å²) in [4.78, 5) is 16.8. The maximum atomic E-state index is 6.28. The second kappa shape index (κ2) is 17.9. The normalized spacial score (nSPS) is 14.0. The molecule has 1 aromatic carbocycles. The minimum atomic E-state index is 0.338. The number of allylic oxidation sites excluding steroid dienone is 4. The first-order valence-electron chi connectivity index (χ1n) is 15.5. The van der Waals surface area contributed by atoms with E-state index in [1.807, 2.05) is 85.7 Å². The van der Waals surface area contributed by atoms with Gasteiger partial charge in [-0.3, -0.25) is 9.47 Å². The molecule has 1 fully saturated rings. The predicted octanol–water partition coefficient (Wildman–Crippen LogP) is 8.05. The molecule has 226 valence electrons. The summed E-state index contributed by atoms with van der Waals surface area (Å²) in [5.41, 5.74) is 19.0. The molecule has 0 aliphatic carbocycles. The quantitative estimate of drug-likeness (QED) is 0.228. The van der Waals surface area contributed by atoms with E-state index < -0.39 is 0 Å². The predicted molar refractivity (Wildman–Crippen MR) is 182 cm³/mol. The summed E-state index contributed by atoms with van der Waals surface area (Å²) in [5.74, 6) is 1.17. The van der Waals surface area contributed by atoms with Crippen molar-refractivity contribution in [2.45, 2.75) is 80.8 Å². The van der Waals surface area contributed by atoms with E-state index in [0.29, 0.717) is 11.9 Å². The van der Waals surface area contributed by atoms with E-state index in [2.05, 4.69) is 50.9 Å². The molecule has 1 aliphatic rings. The Bertz CT molecular complexity index is 1410. The second-order valence-electron chi connectivity index (χ2n) is 9.27. The lowest BCUT2D eigenvalue weighted by molar-refractivity contribution is 0.205. The van der Waals surface area contributed by atoms with Crippen molar-refractivity contribution >= 4 is 22.6 Å². The Morgan fingerprint density at radius 2 is 1.57 bits per heavy atom. The molecule has 0 unspecified atom stereocenters. The molecule has 0 bridgehead atoms. The third-order valence-electron chi connectivity index (χ3n) is 6.77. The van der Waals surface area contributed by atoms with Gasteiger partial charge in [-0.25, -0.2) is 15.0 Å². The van der Waals surface area contributed by atoms with Crippen molar-refractivity contribution in [3.63, 3.8) is 0 Å². The molecule has 4 aromatic rings. The maximum Gasteiger partial charge on any atom is 0.165 e. The summed E-state index contributed by atoms with van der Waals surface area (Å²) in [5, 5.41) is 0. The van der Waals surface area contributed by atoms with Crippen LogP contribution < -0.4 is 11.5 Å². The molecular weight excluding hydrogens is 518 g/mol. The van der Waals surface area contributed by atoms with Crippen LogP contribution in [-0.2, 0) is 6.54 Å². The number of nitrogens with two attached hydrogens (primary N) is 2. The van der Waals surface area contributed by atoms with E-state index in [-0.39, 0.29) is 0 Å². The molecule has 4 heterocycles. The number of hydrogen-bond donors (Lipinski definition) is 2. The first kappa shape index (κ1) is 34.4. The number of fused-ring (bicyclic) bond motifs is 1. The zero-order valence-corrected chi connectivity index (χ0v) is 26.9. The van der Waals surface area contributed by atoms with Gasteiger partial charge in [0.05, 0.1) is 11.3 Å². The van der Waals surface area contributed by atoms with E-state index in [0.717, 1.165) is 72.0 Å². The number of imidazole rings is 1. The number of anilines is 1. The largest absolute Gasteiger partial charge is 0.383 e. The monoisotopic (exact) mass is 569 g/mol. The van der Waals surface area contributed by atoms with Gasteiger partial charge >= 0.3 is 0 Å². The van der Waals surface area contributed by atoms with Crippen molar-refractivity contribution in [2.24, 2.45) is 5.73 Å². The molecule has 0 radical (unpaired) electrons. The van der Waals surface area contributed by atoms with Crippen LogP contribution in [0.2, 0.25) is 0 Å². The molecule has 5 rings (SSSR count). The minimum absolute atomic E-state index is 0.338. The molecule has 0 amide bonds. The fourth-order valence-corrected chi connectivity index (χ4v) is 4.78. The van der Waals surface area contributed by atoms with Gasteiger partial charge in [0.2, 0.25) is 0 Å². The Balaban J connectivity index is 0.000000966. The number of nitrogen functional groups attached to an aromatic ring is 1. The molecule has 0 saturated carbocycles. The van der Waals surface area contributed by atoms with E-state index in [9.17, 15) is 0 Å². The van der Waals surface area contributed by atoms with Gasteiger partial charge in [-0.15, -0.1) is 0 Å². The average Bonchev–Trinajstić information content (AvgIpc) is 3.43. The fourth-order valence-electron chi connectivity index (χ4n) is 4.78. The van der Waals surface area contributed by atoms with Crippen LogP contribution in [0.5, 0.6) is 0 Å². The molecule has 42 heavy (non-hydrogen) atoms. The number of nitrogens with zero attached hydrogens (tertiary/aromatic N) is 5. The molecule has 4 N–H and O–H groups in total. The second-order valence-corrected chi connectivity index (χ2v) is 9.27. The van der Waals surface area contributed by atoms with Crippen LogP contribution in [0.1, 0.15) is 79.5 Å². The number of hydrogen-bond acceptors (Lipinski definition) is 6. The molecule has 7 nitrogen and oxygen atoms in total. The van der Waals surface area contributed by atoms with Gasteiger partial charge in [0.25, 0.3) is 0 Å². The Labute approximate surface area is 253 Å². The molecule has 1 aliphatic heterocycles. The zero-order valence-electron chi connectivity index (χ0n) is 26.9. The summed E-state index contributed by atoms with van der Waals surface area (Å²) in [6.07, 6.45) is 9.97. The summed E-state index contributed by atoms with van der Waals surface area (Å²) in [7, 11) is 0. The van der Waals surface area contributed by atoms with E-state index >= 15 is 0 Å². The van der Waals surface area contributed by atoms with Crippen LogP contribution in [0.15, 0.2) is 73.0 Å². The van der Waals surface area contributed by atoms with Crippen molar-refractivity contribution in [1.82, 2.24) is 24.4 Å². The standard InChI is InChI=1S/C29H33N7.3C2H6/c1-3-6-21(4-2)25-12-13-26-29(33-25)36(28(34-26)24-7-5-16-32-27(24)31)23-10-8-20(9-11-23)19-35-17-14-22(30)15-18-35;3*1-2/h3-13,16,22H,14-15,17-19,30H2,1-2H3,(H2,31,32);3*1-2H3/b6-3-,21-4+;;;. The van der Waals surface area contributed by atoms with Gasteiger partial charge in [-0.1, -0.05) is 71.9 Å². The van der Waals surface area contributed by atoms with Gasteiger partial charge in [-0.2, -0.15) is 0 Å². The third kappa shape index (κ3) is 8.37. The van der Waals surface area contributed by atoms with Crippen LogP contribution in [0.25, 0.3) is 33.8 Å². The Morgan fingerprint density at radius 3 is 2.17 bits per heavy atom. The SMILES string of the molecule is C/C=C\C(=C/C)c1ccc2nc(-c3cccnc3N)n(-c3ccc(CN4CCC(N)CC4)cc3)c2n1.CC.CC.CC. The molecule has 3 aromatic heterocycles. The highest BCUT2D eigenvalue weighted by Gasteiger charge is 2.19. The zero-order chi connectivity index (χ0) is 31.1. The van der Waals surface area contributed by atoms with Crippen molar-refractivity contribution in [3.8, 4) is 17.1 Å². The minimum Gasteiger partial charge on any atom is -0.383 e. The average molecular weight is 570 g/mol. The number of pyridine rings is 2. The Hall–Kier alpha value is -3.81. The molecule has 0 atom stereocenters. The van der Waals surface area contributed by atoms with Gasteiger partial charge in [0.15, 0.2) is 11.5 Å². The summed E-state index contributed by atoms with van der Waals surface area (Å²) in [6.45, 7) is 19.1. The van der Waals surface area contributed by atoms with Gasteiger partial charge in [0.1, 0.15) is 11.3 Å². The first-order valence-corrected chi connectivity index (χ1v) is 15.5. The van der Waals surface area contributed by atoms with Gasteiger partial charge < -0.3 is 11.5 Å². The van der Waals surface area contributed by atoms with Crippen molar-refractivity contribution in [2.75, 3.05) is 18.8 Å². The maximum absolute atomic E-state index is 6.28. The molecule has 0 spiro atoms. The number of likely N-dealkylation sites (tertiary alicyclic amines) is 1. The number of piperidine rings is 1. The lowest BCUT2D eigenvalue weighted by Crippen LogP contribution is -2.39. The molecular formula is C35H51N7. The summed E-state index contributed by atoms with van der Waals surface area (Å²) >= 11 is 0. The summed E-state index contributed by atoms with van der Waals surface area (Å²) < 4.78 is 2.08. The van der Waals surface area contributed by atoms with E-state index in [4.69, 9.17) is 21.4 Å². The van der Waals surface area contributed by atoms with Gasteiger partial charge in [0, 0.05) is 24.5 Å². The fraction of sp³-hybridized carbons (Fsp3) is 0.400. The highest BCUT2D eigenvalue weighted by atomic mass is 15.1. The van der Waals surface area contributed by atoms with Crippen molar-refractivity contribution in [3.05, 3.63) is 84.2 Å². The highest BCUT2D eigenvalue weighted by Crippen LogP contribution is 2.31. The van der Waals surface area contributed by atoms with Crippen LogP contribution in [-0.4, -0.2) is 43.6 Å². The first-order chi connectivity index (χ1) is 20.6. The molecule has 7 heteroatoms. The van der Waals surface area contributed by atoms with Crippen molar-refractivity contribution in [1.29, 1.82) is 0 Å². The topological polar surface area (TPSA) is 98.9 Å². The number of rotatable bonds is 6. The van der Waals surface area contributed by atoms with Crippen LogP contribution in [0.4, 0.5) is 5.82 Å². The van der Waals surface area contributed by atoms with E-state index in [1.54, 1.807) is 6.20 Å². The Kier molecular flexibility index (Phi) is 14.6. The van der Waals surface area contributed by atoms with Crippen LogP contribution in [0.3, 0.4) is 0 Å². The third-order valence-corrected chi connectivity index (χ3v) is 6.77. The lowest BCUT2D eigenvalue weighted by Gasteiger charge is -2.30. The van der Waals surface area contributed by atoms with E-state index in [1.165, 1.54) is 5.56 Å². The summed E-state index contributed by atoms with van der Waals surface area (Å²) in [6, 6.07) is 16.9. The lowest BCUT2D eigenvalue weighted by atomic mass is 10.1. The number of benzene rings is 1. The number of aromatic nitrogens is 4. The van der Waals surface area contributed by atoms with Crippen molar-refractivity contribution < 1.29 is 0 Å². The highest BCUT2D eigenvalue weighted by molar-refractivity contribution is 5.85. The van der Waals surface area contributed by atoms with Gasteiger partial charge in [-0.05, 0) is 87.3 Å².